The fraction of sp³-hybridized carbons (Fsp3) is 0.346. The molecule has 3 aromatic rings. The molecule has 1 amide bonds. The van der Waals surface area contributed by atoms with E-state index in [4.69, 9.17) is 0 Å². The van der Waals surface area contributed by atoms with Crippen LogP contribution in [-0.2, 0) is 13.0 Å². The molecule has 0 bridgehead atoms. The molecule has 2 heterocycles. The van der Waals surface area contributed by atoms with Crippen LogP contribution < -0.4 is 4.73 Å². The van der Waals surface area contributed by atoms with Gasteiger partial charge in [0.05, 0.1) is 6.10 Å². The topological polar surface area (TPSA) is 77.5 Å². The van der Waals surface area contributed by atoms with E-state index in [9.17, 15) is 15.1 Å². The Morgan fingerprint density at radius 2 is 1.97 bits per heavy atom. The second-order valence-electron chi connectivity index (χ2n) is 8.82. The Bertz CT molecular complexity index is 1040. The molecule has 1 aliphatic carbocycles. The first kappa shape index (κ1) is 22.0. The van der Waals surface area contributed by atoms with E-state index in [-0.39, 0.29) is 11.8 Å². The predicted octanol–water partition coefficient (Wildman–Crippen LogP) is 3.57. The van der Waals surface area contributed by atoms with Gasteiger partial charge in [-0.15, -0.1) is 0 Å². The number of aromatic nitrogens is 2. The van der Waals surface area contributed by atoms with Crippen molar-refractivity contribution in [2.45, 2.75) is 38.3 Å². The number of rotatable bonds is 7. The van der Waals surface area contributed by atoms with Gasteiger partial charge < -0.3 is 10.0 Å². The number of carbonyl (C=O) groups excluding carboxylic acids is 1. The maximum absolute atomic E-state index is 12.7. The van der Waals surface area contributed by atoms with Gasteiger partial charge in [-0.1, -0.05) is 18.2 Å². The van der Waals surface area contributed by atoms with E-state index in [1.165, 1.54) is 5.56 Å². The lowest BCUT2D eigenvalue weighted by molar-refractivity contribution is -0.905. The van der Waals surface area contributed by atoms with Crippen molar-refractivity contribution in [2.75, 3.05) is 7.05 Å². The van der Waals surface area contributed by atoms with E-state index in [0.29, 0.717) is 18.0 Å². The van der Waals surface area contributed by atoms with Gasteiger partial charge in [0.2, 0.25) is 12.4 Å². The molecule has 2 N–H and O–H groups in total. The SMILES string of the molecule is CN(Cc1cccnc1)C(=O)c1ccc(CC2CC[C@H]([C@H](O)c3ccc[n+](O)c3)C2)cc1. The molecule has 2 aromatic heterocycles. The minimum atomic E-state index is -0.560. The summed E-state index contributed by atoms with van der Waals surface area (Å²) >= 11 is 0. The lowest BCUT2D eigenvalue weighted by Gasteiger charge is -2.18. The molecule has 0 aliphatic heterocycles. The average molecular weight is 433 g/mol. The molecular formula is C26H30N3O3+. The van der Waals surface area contributed by atoms with Crippen LogP contribution in [0.2, 0.25) is 0 Å². The highest BCUT2D eigenvalue weighted by Crippen LogP contribution is 2.40. The van der Waals surface area contributed by atoms with Gasteiger partial charge in [-0.25, -0.2) is 0 Å². The molecule has 1 aliphatic rings. The number of hydrogen-bond acceptors (Lipinski definition) is 4. The summed E-state index contributed by atoms with van der Waals surface area (Å²) in [7, 11) is 1.80. The quantitative estimate of drug-likeness (QED) is 0.442. The summed E-state index contributed by atoms with van der Waals surface area (Å²) in [5, 5.41) is 20.3. The Kier molecular flexibility index (Phi) is 6.81. The maximum atomic E-state index is 12.7. The summed E-state index contributed by atoms with van der Waals surface area (Å²) < 4.78 is 0.988. The highest BCUT2D eigenvalue weighted by molar-refractivity contribution is 5.94. The van der Waals surface area contributed by atoms with Gasteiger partial charge in [-0.05, 0) is 72.9 Å². The highest BCUT2D eigenvalue weighted by Gasteiger charge is 2.31. The van der Waals surface area contributed by atoms with Gasteiger partial charge in [0, 0.05) is 47.9 Å². The predicted molar refractivity (Wildman–Crippen MR) is 120 cm³/mol. The third-order valence-electron chi connectivity index (χ3n) is 6.39. The summed E-state index contributed by atoms with van der Waals surface area (Å²) in [5.74, 6) is 0.701. The van der Waals surface area contributed by atoms with Gasteiger partial charge in [-0.2, -0.15) is 0 Å². The van der Waals surface area contributed by atoms with E-state index in [0.717, 1.165) is 41.5 Å². The Morgan fingerprint density at radius 1 is 1.16 bits per heavy atom. The fourth-order valence-electron chi connectivity index (χ4n) is 4.69. The minimum Gasteiger partial charge on any atom is -0.388 e. The Morgan fingerprint density at radius 3 is 2.69 bits per heavy atom. The van der Waals surface area contributed by atoms with E-state index >= 15 is 0 Å². The third kappa shape index (κ3) is 5.32. The Balaban J connectivity index is 1.31. The number of aliphatic hydroxyl groups excluding tert-OH is 1. The molecule has 6 nitrogen and oxygen atoms in total. The van der Waals surface area contributed by atoms with Gasteiger partial charge in [-0.3, -0.25) is 15.0 Å². The lowest BCUT2D eigenvalue weighted by Crippen LogP contribution is -2.30. The monoisotopic (exact) mass is 432 g/mol. The number of benzene rings is 1. The molecule has 0 radical (unpaired) electrons. The van der Waals surface area contributed by atoms with Gasteiger partial charge >= 0.3 is 0 Å². The number of hydrogen-bond donors (Lipinski definition) is 2. The number of aliphatic hydroxyl groups is 1. The van der Waals surface area contributed by atoms with Crippen LogP contribution in [0.5, 0.6) is 0 Å². The molecule has 32 heavy (non-hydrogen) atoms. The van der Waals surface area contributed by atoms with Crippen molar-refractivity contribution in [2.24, 2.45) is 11.8 Å². The molecule has 0 saturated heterocycles. The van der Waals surface area contributed by atoms with Crippen LogP contribution >= 0.6 is 0 Å². The minimum absolute atomic E-state index is 0.00607. The van der Waals surface area contributed by atoms with Gasteiger partial charge in [0.1, 0.15) is 0 Å². The molecule has 1 aromatic carbocycles. The molecule has 0 spiro atoms. The van der Waals surface area contributed by atoms with Gasteiger partial charge in [0.15, 0.2) is 0 Å². The van der Waals surface area contributed by atoms with Crippen LogP contribution in [0.4, 0.5) is 0 Å². The van der Waals surface area contributed by atoms with Crippen LogP contribution in [0.15, 0.2) is 73.3 Å². The largest absolute Gasteiger partial charge is 0.388 e. The second-order valence-corrected chi connectivity index (χ2v) is 8.82. The van der Waals surface area contributed by atoms with Crippen molar-refractivity contribution in [1.29, 1.82) is 0 Å². The molecule has 1 fully saturated rings. The summed E-state index contributed by atoms with van der Waals surface area (Å²) in [5.41, 5.74) is 3.65. The summed E-state index contributed by atoms with van der Waals surface area (Å²) in [4.78, 5) is 18.5. The van der Waals surface area contributed by atoms with Crippen molar-refractivity contribution >= 4 is 5.91 Å². The first-order valence-electron chi connectivity index (χ1n) is 11.1. The average Bonchev–Trinajstić information content (AvgIpc) is 3.27. The molecule has 1 unspecified atom stereocenters. The zero-order valence-corrected chi connectivity index (χ0v) is 18.3. The van der Waals surface area contributed by atoms with E-state index < -0.39 is 6.10 Å². The number of carbonyl (C=O) groups is 1. The van der Waals surface area contributed by atoms with E-state index in [1.54, 1.807) is 42.8 Å². The second kappa shape index (κ2) is 9.92. The summed E-state index contributed by atoms with van der Waals surface area (Å²) in [6, 6.07) is 15.3. The first-order chi connectivity index (χ1) is 15.5. The standard InChI is InChI=1S/C26H30N3O3/c1-28(17-21-4-2-12-27-16-21)26(31)22-9-6-19(7-10-22)14-20-8-11-23(15-20)25(30)24-5-3-13-29(32)18-24/h2-7,9-10,12-13,16,18,20,23,25,30,32H,8,11,14-15,17H2,1H3/q+1/t20?,23-,25-/m0/s1. The lowest BCUT2D eigenvalue weighted by atomic mass is 9.92. The normalized spacial score (nSPS) is 18.9. The molecular weight excluding hydrogens is 402 g/mol. The van der Waals surface area contributed by atoms with Crippen LogP contribution in [0, 0.1) is 11.8 Å². The molecule has 1 saturated carbocycles. The van der Waals surface area contributed by atoms with Crippen LogP contribution in [-0.4, -0.2) is 33.2 Å². The number of pyridine rings is 2. The van der Waals surface area contributed by atoms with Crippen molar-refractivity contribution in [1.82, 2.24) is 9.88 Å². The van der Waals surface area contributed by atoms with Crippen LogP contribution in [0.25, 0.3) is 0 Å². The maximum Gasteiger partial charge on any atom is 0.253 e. The van der Waals surface area contributed by atoms with Crippen LogP contribution in [0.3, 0.4) is 0 Å². The van der Waals surface area contributed by atoms with Crippen molar-refractivity contribution in [3.63, 3.8) is 0 Å². The van der Waals surface area contributed by atoms with Crippen molar-refractivity contribution in [3.05, 3.63) is 95.6 Å². The number of nitrogens with zero attached hydrogens (tertiary/aromatic N) is 3. The van der Waals surface area contributed by atoms with Crippen LogP contribution in [0.1, 0.15) is 52.4 Å². The molecule has 3 atom stereocenters. The highest BCUT2D eigenvalue weighted by atomic mass is 16.5. The zero-order chi connectivity index (χ0) is 22.5. The van der Waals surface area contributed by atoms with E-state index in [1.807, 2.05) is 42.5 Å². The van der Waals surface area contributed by atoms with Gasteiger partial charge in [0.25, 0.3) is 5.91 Å². The Labute approximate surface area is 188 Å². The summed E-state index contributed by atoms with van der Waals surface area (Å²) in [6.07, 6.45) is 9.99. The molecule has 6 heteroatoms. The molecule has 4 rings (SSSR count). The first-order valence-corrected chi connectivity index (χ1v) is 11.1. The zero-order valence-electron chi connectivity index (χ0n) is 18.3. The fourth-order valence-corrected chi connectivity index (χ4v) is 4.69. The third-order valence-corrected chi connectivity index (χ3v) is 6.39. The van der Waals surface area contributed by atoms with E-state index in [2.05, 4.69) is 4.98 Å². The van der Waals surface area contributed by atoms with Crippen molar-refractivity contribution < 1.29 is 19.8 Å². The smallest absolute Gasteiger partial charge is 0.253 e. The van der Waals surface area contributed by atoms with Crippen molar-refractivity contribution in [3.8, 4) is 0 Å². The number of amides is 1. The Hall–Kier alpha value is -3.25. The molecule has 166 valence electrons. The summed E-state index contributed by atoms with van der Waals surface area (Å²) in [6.45, 7) is 0.526.